The van der Waals surface area contributed by atoms with Crippen LogP contribution in [0.15, 0.2) is 142 Å². The first-order chi connectivity index (χ1) is 19.7. The molecule has 0 unspecified atom stereocenters. The maximum absolute atomic E-state index is 12.2. The highest BCUT2D eigenvalue weighted by Crippen LogP contribution is 2.39. The van der Waals surface area contributed by atoms with Crippen molar-refractivity contribution in [3.63, 3.8) is 0 Å². The molecule has 0 saturated carbocycles. The molecule has 0 aromatic rings. The molecule has 1 rings (SSSR count). The van der Waals surface area contributed by atoms with Crippen molar-refractivity contribution in [2.45, 2.75) is 94.6 Å². The van der Waals surface area contributed by atoms with E-state index in [4.69, 9.17) is 0 Å². The molecular weight excluding hydrogens is 512 g/mol. The van der Waals surface area contributed by atoms with Gasteiger partial charge in [-0.05, 0) is 91.2 Å². The van der Waals surface area contributed by atoms with Crippen molar-refractivity contribution in [1.29, 1.82) is 0 Å². The predicted octanol–water partition coefficient (Wildman–Crippen LogP) is 10.9. The molecule has 0 spiro atoms. The first-order valence-corrected chi connectivity index (χ1v) is 15.0. The minimum atomic E-state index is -0.893. The van der Waals surface area contributed by atoms with Gasteiger partial charge >= 0.3 is 0 Å². The zero-order valence-electron chi connectivity index (χ0n) is 27.8. The van der Waals surface area contributed by atoms with E-state index in [-0.39, 0.29) is 11.2 Å². The van der Waals surface area contributed by atoms with Crippen LogP contribution in [0, 0.1) is 5.41 Å². The maximum Gasteiger partial charge on any atom is 0.187 e. The summed E-state index contributed by atoms with van der Waals surface area (Å²) in [6.45, 7) is 20.8. The van der Waals surface area contributed by atoms with E-state index in [0.29, 0.717) is 12.0 Å². The van der Waals surface area contributed by atoms with Crippen molar-refractivity contribution < 1.29 is 9.90 Å². The Bertz CT molecular complexity index is 1300. The number of allylic oxidation sites excluding steroid dienone is 23. The number of rotatable bonds is 13. The van der Waals surface area contributed by atoms with Crippen LogP contribution in [-0.2, 0) is 4.79 Å². The quantitative estimate of drug-likeness (QED) is 0.178. The molecule has 2 heteroatoms. The van der Waals surface area contributed by atoms with Crippen LogP contribution in [0.2, 0.25) is 0 Å². The molecule has 0 fully saturated rings. The number of carbonyl (C=O) groups excluding carboxylic acids is 1. The van der Waals surface area contributed by atoms with Crippen LogP contribution in [0.1, 0.15) is 88.5 Å². The lowest BCUT2D eigenvalue weighted by Crippen LogP contribution is -2.35. The molecule has 0 amide bonds. The second kappa shape index (κ2) is 18.8. The Morgan fingerprint density at radius 1 is 0.738 bits per heavy atom. The summed E-state index contributed by atoms with van der Waals surface area (Å²) in [5.74, 6) is -0.162. The highest BCUT2D eigenvalue weighted by Gasteiger charge is 2.36. The highest BCUT2D eigenvalue weighted by atomic mass is 16.3. The standard InChI is InChI=1S/C40H54O2/c1-30(2)17-13-20-33(5)23-15-25-34(6)24-14-21-31(3)18-11-12-19-32(4)22-16-26-35(7)27-28-37-36(8)39(42)38(41)29-40(37,9)10/h11-12,14-19,21-28,38,41H,13,20,29H2,1-10H3/b12-11+,21-14+,22-16+,25-15+,28-27+,31-18+,32-19+,33-23+,34-24+,35-26+/t38-/m1/s1. The average molecular weight is 567 g/mol. The van der Waals surface area contributed by atoms with Gasteiger partial charge in [-0.2, -0.15) is 0 Å². The Kier molecular flexibility index (Phi) is 16.4. The summed E-state index contributed by atoms with van der Waals surface area (Å²) >= 11 is 0. The van der Waals surface area contributed by atoms with Gasteiger partial charge in [0, 0.05) is 0 Å². The number of hydrogen-bond acceptors (Lipinski definition) is 2. The molecular formula is C40H54O2. The largest absolute Gasteiger partial charge is 0.385 e. The molecule has 2 nitrogen and oxygen atoms in total. The molecule has 1 N–H and O–H groups in total. The molecule has 0 aliphatic heterocycles. The minimum absolute atomic E-state index is 0.162. The van der Waals surface area contributed by atoms with E-state index in [1.807, 2.05) is 32.1 Å². The number of hydrogen-bond donors (Lipinski definition) is 1. The summed E-state index contributed by atoms with van der Waals surface area (Å²) in [5.41, 5.74) is 8.85. The summed E-state index contributed by atoms with van der Waals surface area (Å²) in [7, 11) is 0. The first kappa shape index (κ1) is 36.5. The van der Waals surface area contributed by atoms with Crippen molar-refractivity contribution in [2.75, 3.05) is 0 Å². The van der Waals surface area contributed by atoms with Crippen LogP contribution in [0.5, 0.6) is 0 Å². The summed E-state index contributed by atoms with van der Waals surface area (Å²) < 4.78 is 0. The third-order valence-corrected chi connectivity index (χ3v) is 7.12. The molecule has 226 valence electrons. The fraction of sp³-hybridized carbons (Fsp3) is 0.375. The Balaban J connectivity index is 2.64. The molecule has 0 saturated heterocycles. The molecule has 0 aromatic carbocycles. The Morgan fingerprint density at radius 2 is 1.19 bits per heavy atom. The van der Waals surface area contributed by atoms with Crippen LogP contribution in [0.25, 0.3) is 0 Å². The van der Waals surface area contributed by atoms with Gasteiger partial charge in [0.25, 0.3) is 0 Å². The van der Waals surface area contributed by atoms with Gasteiger partial charge in [0.15, 0.2) is 5.78 Å². The van der Waals surface area contributed by atoms with Crippen LogP contribution in [0.3, 0.4) is 0 Å². The molecule has 0 bridgehead atoms. The number of aliphatic hydroxyl groups excluding tert-OH is 1. The smallest absolute Gasteiger partial charge is 0.187 e. The second-order valence-corrected chi connectivity index (χ2v) is 12.3. The zero-order chi connectivity index (χ0) is 31.7. The number of ketones is 1. The van der Waals surface area contributed by atoms with Gasteiger partial charge < -0.3 is 5.11 Å². The lowest BCUT2D eigenvalue weighted by Gasteiger charge is -2.34. The van der Waals surface area contributed by atoms with E-state index in [9.17, 15) is 9.90 Å². The van der Waals surface area contributed by atoms with E-state index in [1.165, 1.54) is 22.3 Å². The maximum atomic E-state index is 12.2. The van der Waals surface area contributed by atoms with Crippen molar-refractivity contribution in [1.82, 2.24) is 0 Å². The van der Waals surface area contributed by atoms with Crippen LogP contribution in [-0.4, -0.2) is 17.0 Å². The Hall–Kier alpha value is -3.49. The van der Waals surface area contributed by atoms with Crippen molar-refractivity contribution >= 4 is 5.78 Å². The molecule has 0 aromatic heterocycles. The van der Waals surface area contributed by atoms with E-state index in [2.05, 4.69) is 134 Å². The topological polar surface area (TPSA) is 37.3 Å². The molecule has 0 radical (unpaired) electrons. The number of carbonyl (C=O) groups is 1. The van der Waals surface area contributed by atoms with Crippen molar-refractivity contribution in [3.8, 4) is 0 Å². The van der Waals surface area contributed by atoms with Crippen LogP contribution >= 0.6 is 0 Å². The summed E-state index contributed by atoms with van der Waals surface area (Å²) in [6.07, 6.45) is 35.4. The molecule has 1 aliphatic rings. The van der Waals surface area contributed by atoms with E-state index >= 15 is 0 Å². The van der Waals surface area contributed by atoms with Gasteiger partial charge in [-0.1, -0.05) is 145 Å². The highest BCUT2D eigenvalue weighted by molar-refractivity contribution is 6.00. The molecule has 42 heavy (non-hydrogen) atoms. The third-order valence-electron chi connectivity index (χ3n) is 7.12. The van der Waals surface area contributed by atoms with Crippen LogP contribution in [0.4, 0.5) is 0 Å². The summed E-state index contributed by atoms with van der Waals surface area (Å²) in [5, 5.41) is 10.0. The molecule has 1 aliphatic carbocycles. The van der Waals surface area contributed by atoms with Gasteiger partial charge in [0.05, 0.1) is 0 Å². The van der Waals surface area contributed by atoms with E-state index in [1.54, 1.807) is 0 Å². The Morgan fingerprint density at radius 3 is 1.69 bits per heavy atom. The van der Waals surface area contributed by atoms with Crippen molar-refractivity contribution in [3.05, 3.63) is 142 Å². The number of Topliss-reactive ketones (excluding diaryl/α,β-unsaturated/α-hetero) is 1. The van der Waals surface area contributed by atoms with Gasteiger partial charge in [0.2, 0.25) is 0 Å². The van der Waals surface area contributed by atoms with Crippen LogP contribution < -0.4 is 0 Å². The Labute approximate surface area is 257 Å². The fourth-order valence-corrected chi connectivity index (χ4v) is 4.52. The van der Waals surface area contributed by atoms with Gasteiger partial charge in [-0.3, -0.25) is 4.79 Å². The van der Waals surface area contributed by atoms with Gasteiger partial charge in [-0.15, -0.1) is 0 Å². The van der Waals surface area contributed by atoms with Gasteiger partial charge in [0.1, 0.15) is 6.10 Å². The zero-order valence-corrected chi connectivity index (χ0v) is 27.8. The van der Waals surface area contributed by atoms with E-state index < -0.39 is 6.10 Å². The second-order valence-electron chi connectivity index (χ2n) is 12.3. The SMILES string of the molecule is CC(C)=CCC/C(C)=C/C=C/C(C)=C/C=C/C(C)=C/C=C/C=C(C)/C=C/C=C(C)/C=C/C1=C(C)C(=O)[C@H](O)CC1(C)C. The molecule has 0 heterocycles. The molecule has 1 atom stereocenters. The average Bonchev–Trinajstić information content (AvgIpc) is 2.89. The lowest BCUT2D eigenvalue weighted by molar-refractivity contribution is -0.125. The third kappa shape index (κ3) is 14.9. The predicted molar refractivity (Wildman–Crippen MR) is 185 cm³/mol. The normalized spacial score (nSPS) is 20.0. The first-order valence-electron chi connectivity index (χ1n) is 15.0. The summed E-state index contributed by atoms with van der Waals surface area (Å²) in [6, 6.07) is 0. The van der Waals surface area contributed by atoms with E-state index in [0.717, 1.165) is 29.6 Å². The monoisotopic (exact) mass is 566 g/mol. The summed E-state index contributed by atoms with van der Waals surface area (Å²) in [4.78, 5) is 12.2. The van der Waals surface area contributed by atoms with Crippen molar-refractivity contribution in [2.24, 2.45) is 5.41 Å². The minimum Gasteiger partial charge on any atom is -0.385 e. The number of aliphatic hydroxyl groups is 1. The van der Waals surface area contributed by atoms with Gasteiger partial charge in [-0.25, -0.2) is 0 Å². The lowest BCUT2D eigenvalue weighted by atomic mass is 9.71. The fourth-order valence-electron chi connectivity index (χ4n) is 4.52.